The highest BCUT2D eigenvalue weighted by Gasteiger charge is 2.42. The van der Waals surface area contributed by atoms with Crippen LogP contribution < -0.4 is 19.5 Å². The van der Waals surface area contributed by atoms with Crippen LogP contribution in [0.25, 0.3) is 0 Å². The Balaban J connectivity index is 2.09. The summed E-state index contributed by atoms with van der Waals surface area (Å²) in [6.07, 6.45) is 3.22. The Hall–Kier alpha value is -2.97. The number of aliphatic imine (C=N–C) groups is 1. The second-order valence-electron chi connectivity index (χ2n) is 7.12. The lowest BCUT2D eigenvalue weighted by atomic mass is 9.90. The van der Waals surface area contributed by atoms with Crippen molar-refractivity contribution in [1.82, 2.24) is 10.2 Å². The van der Waals surface area contributed by atoms with E-state index in [1.807, 2.05) is 4.90 Å². The lowest BCUT2D eigenvalue weighted by Crippen LogP contribution is -2.53. The molecule has 0 aliphatic carbocycles. The van der Waals surface area contributed by atoms with Crippen molar-refractivity contribution in [2.45, 2.75) is 32.2 Å². The van der Waals surface area contributed by atoms with Crippen molar-refractivity contribution in [2.75, 3.05) is 41.0 Å². The number of amides is 1. The van der Waals surface area contributed by atoms with Crippen LogP contribution in [0.4, 0.5) is 0 Å². The van der Waals surface area contributed by atoms with Crippen LogP contribution in [0.5, 0.6) is 17.2 Å². The fourth-order valence-electron chi connectivity index (χ4n) is 3.84. The summed E-state index contributed by atoms with van der Waals surface area (Å²) in [4.78, 5) is 32.5. The molecule has 0 aromatic heterocycles. The Labute approximate surface area is 176 Å². The molecule has 30 heavy (non-hydrogen) atoms. The molecule has 1 N–H and O–H groups in total. The minimum Gasteiger partial charge on any atom is -0.493 e. The number of hydrogen-bond donors (Lipinski definition) is 1. The zero-order valence-electron chi connectivity index (χ0n) is 17.9. The van der Waals surface area contributed by atoms with E-state index in [0.717, 1.165) is 32.4 Å². The second kappa shape index (κ2) is 9.69. The van der Waals surface area contributed by atoms with Gasteiger partial charge in [0.25, 0.3) is 0 Å². The fourth-order valence-corrected chi connectivity index (χ4v) is 3.84. The van der Waals surface area contributed by atoms with E-state index in [-0.39, 0.29) is 6.61 Å². The molecule has 1 fully saturated rings. The van der Waals surface area contributed by atoms with Crippen LogP contribution in [0.1, 0.15) is 37.8 Å². The fraction of sp³-hybridized carbons (Fsp3) is 0.571. The first kappa shape index (κ1) is 21.7. The van der Waals surface area contributed by atoms with E-state index >= 15 is 0 Å². The average molecular weight is 419 g/mol. The van der Waals surface area contributed by atoms with Crippen molar-refractivity contribution in [3.8, 4) is 17.2 Å². The molecule has 9 nitrogen and oxygen atoms in total. The first-order chi connectivity index (χ1) is 14.5. The predicted octanol–water partition coefficient (Wildman–Crippen LogP) is 1.90. The van der Waals surface area contributed by atoms with Crippen molar-refractivity contribution in [1.29, 1.82) is 0 Å². The van der Waals surface area contributed by atoms with Gasteiger partial charge in [0, 0.05) is 13.1 Å². The smallest absolute Gasteiger partial charge is 0.321 e. The molecule has 1 amide bonds. The summed E-state index contributed by atoms with van der Waals surface area (Å²) in [7, 11) is 4.54. The average Bonchev–Trinajstić information content (AvgIpc) is 2.78. The number of hydrogen-bond acceptors (Lipinski definition) is 8. The summed E-state index contributed by atoms with van der Waals surface area (Å²) in [6.45, 7) is 3.50. The highest BCUT2D eigenvalue weighted by Crippen LogP contribution is 2.42. The van der Waals surface area contributed by atoms with Gasteiger partial charge in [0.15, 0.2) is 17.4 Å². The number of carbonyl (C=O) groups excluding carboxylic acids is 2. The molecule has 0 bridgehead atoms. The molecule has 1 saturated heterocycles. The third kappa shape index (κ3) is 4.29. The van der Waals surface area contributed by atoms with E-state index in [1.54, 1.807) is 19.1 Å². The Morgan fingerprint density at radius 1 is 1.10 bits per heavy atom. The van der Waals surface area contributed by atoms with Crippen molar-refractivity contribution in [2.24, 2.45) is 10.9 Å². The van der Waals surface area contributed by atoms with Crippen molar-refractivity contribution in [3.63, 3.8) is 0 Å². The number of piperidine rings is 1. The summed E-state index contributed by atoms with van der Waals surface area (Å²) >= 11 is 0. The maximum atomic E-state index is 13.0. The highest BCUT2D eigenvalue weighted by molar-refractivity contribution is 6.08. The molecular weight excluding hydrogens is 390 g/mol. The summed E-state index contributed by atoms with van der Waals surface area (Å²) in [5, 5.41) is 2.80. The minimum atomic E-state index is -1.11. The summed E-state index contributed by atoms with van der Waals surface area (Å²) in [5.41, 5.74) is 0.604. The Kier molecular flexibility index (Phi) is 7.02. The van der Waals surface area contributed by atoms with E-state index in [2.05, 4.69) is 5.32 Å². The van der Waals surface area contributed by atoms with Crippen LogP contribution in [0.2, 0.25) is 0 Å². The SMILES string of the molecule is CCOC(=O)[C@H]1C(=O)NC(N2CCCCC2)=N[C@@H]1c1cc(OC)c(OC)c(OC)c1. The monoisotopic (exact) mass is 419 g/mol. The molecular formula is C21H29N3O6. The number of methoxy groups -OCH3 is 3. The van der Waals surface area contributed by atoms with E-state index in [0.29, 0.717) is 28.8 Å². The predicted molar refractivity (Wildman–Crippen MR) is 110 cm³/mol. The Morgan fingerprint density at radius 3 is 2.27 bits per heavy atom. The van der Waals surface area contributed by atoms with E-state index in [9.17, 15) is 9.59 Å². The number of guanidine groups is 1. The van der Waals surface area contributed by atoms with Gasteiger partial charge >= 0.3 is 5.97 Å². The molecule has 1 aromatic rings. The molecule has 1 aromatic carbocycles. The lowest BCUT2D eigenvalue weighted by molar-refractivity contribution is -0.153. The van der Waals surface area contributed by atoms with E-state index in [1.165, 1.54) is 21.3 Å². The maximum absolute atomic E-state index is 13.0. The number of carbonyl (C=O) groups is 2. The quantitative estimate of drug-likeness (QED) is 0.555. The van der Waals surface area contributed by atoms with Gasteiger partial charge in [-0.2, -0.15) is 0 Å². The van der Waals surface area contributed by atoms with Crippen LogP contribution in [-0.2, 0) is 14.3 Å². The molecule has 3 rings (SSSR count). The normalized spacial score (nSPS) is 21.4. The van der Waals surface area contributed by atoms with Gasteiger partial charge in [-0.05, 0) is 43.9 Å². The molecule has 164 valence electrons. The number of nitrogens with zero attached hydrogens (tertiary/aromatic N) is 2. The summed E-state index contributed by atoms with van der Waals surface area (Å²) in [6, 6.07) is 2.66. The third-order valence-corrected chi connectivity index (χ3v) is 5.32. The lowest BCUT2D eigenvalue weighted by Gasteiger charge is -2.35. The zero-order valence-corrected chi connectivity index (χ0v) is 17.9. The zero-order chi connectivity index (χ0) is 21.7. The first-order valence-corrected chi connectivity index (χ1v) is 10.1. The van der Waals surface area contributed by atoms with Gasteiger partial charge in [0.2, 0.25) is 17.6 Å². The third-order valence-electron chi connectivity index (χ3n) is 5.32. The van der Waals surface area contributed by atoms with Gasteiger partial charge in [-0.25, -0.2) is 4.99 Å². The summed E-state index contributed by atoms with van der Waals surface area (Å²) in [5.74, 6) is -0.388. The topological polar surface area (TPSA) is 98.7 Å². The molecule has 0 unspecified atom stereocenters. The van der Waals surface area contributed by atoms with Crippen LogP contribution in [-0.4, -0.2) is 63.8 Å². The van der Waals surface area contributed by atoms with Gasteiger partial charge in [0.05, 0.1) is 27.9 Å². The van der Waals surface area contributed by atoms with Gasteiger partial charge in [0.1, 0.15) is 6.04 Å². The number of ether oxygens (including phenoxy) is 4. The number of nitrogens with one attached hydrogen (secondary N) is 1. The summed E-state index contributed by atoms with van der Waals surface area (Å²) < 4.78 is 21.4. The molecule has 2 heterocycles. The van der Waals surface area contributed by atoms with Gasteiger partial charge in [-0.1, -0.05) is 0 Å². The molecule has 2 atom stereocenters. The van der Waals surface area contributed by atoms with Gasteiger partial charge in [-0.3, -0.25) is 14.9 Å². The number of likely N-dealkylation sites (tertiary alicyclic amines) is 1. The van der Waals surface area contributed by atoms with E-state index in [4.69, 9.17) is 23.9 Å². The maximum Gasteiger partial charge on any atom is 0.321 e. The largest absolute Gasteiger partial charge is 0.493 e. The van der Waals surface area contributed by atoms with Crippen molar-refractivity contribution in [3.05, 3.63) is 17.7 Å². The Morgan fingerprint density at radius 2 is 1.73 bits per heavy atom. The van der Waals surface area contributed by atoms with Gasteiger partial charge < -0.3 is 23.8 Å². The van der Waals surface area contributed by atoms with Gasteiger partial charge in [-0.15, -0.1) is 0 Å². The molecule has 2 aliphatic heterocycles. The number of benzene rings is 1. The number of rotatable bonds is 6. The standard InChI is InChI=1S/C21H29N3O6/c1-5-30-20(26)16-17(13-11-14(27-2)18(29-4)15(12-13)28-3)22-21(23-19(16)25)24-9-7-6-8-10-24/h11-12,16-17H,5-10H2,1-4H3,(H,22,23,25)/t16-,17-/m1/s1. The van der Waals surface area contributed by atoms with Crippen LogP contribution >= 0.6 is 0 Å². The Bertz CT molecular complexity index is 794. The van der Waals surface area contributed by atoms with Crippen molar-refractivity contribution < 1.29 is 28.5 Å². The number of esters is 1. The second-order valence-corrected chi connectivity index (χ2v) is 7.12. The van der Waals surface area contributed by atoms with Crippen LogP contribution in [0, 0.1) is 5.92 Å². The minimum absolute atomic E-state index is 0.174. The van der Waals surface area contributed by atoms with Crippen LogP contribution in [0.15, 0.2) is 17.1 Å². The molecule has 0 spiro atoms. The molecule has 2 aliphatic rings. The molecule has 9 heteroatoms. The van der Waals surface area contributed by atoms with Crippen molar-refractivity contribution >= 4 is 17.8 Å². The molecule has 0 radical (unpaired) electrons. The van der Waals surface area contributed by atoms with E-state index < -0.39 is 23.8 Å². The first-order valence-electron chi connectivity index (χ1n) is 10.1. The molecule has 0 saturated carbocycles. The highest BCUT2D eigenvalue weighted by atomic mass is 16.5. The van der Waals surface area contributed by atoms with Crippen LogP contribution in [0.3, 0.4) is 0 Å².